The fourth-order valence-corrected chi connectivity index (χ4v) is 5.34. The first-order valence-electron chi connectivity index (χ1n) is 11.0. The van der Waals surface area contributed by atoms with E-state index < -0.39 is 10.8 Å². The maximum absolute atomic E-state index is 13.1. The van der Waals surface area contributed by atoms with Crippen LogP contribution >= 0.6 is 0 Å². The zero-order chi connectivity index (χ0) is 22.7. The van der Waals surface area contributed by atoms with E-state index >= 15 is 0 Å². The standard InChI is InChI=1S/C24H29FN2O4S/c1-3-30-22-13-18-12-17(2)31-23(18)14-19(22)15-32(29)16-24(28)27-10-8-26(9-11-27)21-6-4-20(25)5-7-21/h4-7,13-14,17H,3,8-12,15-16H2,1-2H3/t17-,32+/m1/s1. The third kappa shape index (κ3) is 5.23. The Balaban J connectivity index is 1.33. The minimum Gasteiger partial charge on any atom is -0.494 e. The lowest BCUT2D eigenvalue weighted by molar-refractivity contribution is -0.128. The fraction of sp³-hybridized carbons (Fsp3) is 0.458. The minimum absolute atomic E-state index is 0.0174. The largest absolute Gasteiger partial charge is 0.494 e. The number of hydrogen-bond acceptors (Lipinski definition) is 5. The quantitative estimate of drug-likeness (QED) is 0.635. The zero-order valence-electron chi connectivity index (χ0n) is 18.5. The molecule has 6 nitrogen and oxygen atoms in total. The van der Waals surface area contributed by atoms with E-state index in [9.17, 15) is 13.4 Å². The van der Waals surface area contributed by atoms with Crippen molar-refractivity contribution in [2.45, 2.75) is 32.1 Å². The van der Waals surface area contributed by atoms with Gasteiger partial charge in [0.1, 0.15) is 29.2 Å². The Morgan fingerprint density at radius 1 is 1.19 bits per heavy atom. The first-order valence-corrected chi connectivity index (χ1v) is 12.5. The van der Waals surface area contributed by atoms with Gasteiger partial charge in [-0.25, -0.2) is 4.39 Å². The number of fused-ring (bicyclic) bond motifs is 1. The number of halogens is 1. The van der Waals surface area contributed by atoms with Gasteiger partial charge in [0.25, 0.3) is 0 Å². The Morgan fingerprint density at radius 3 is 2.59 bits per heavy atom. The number of carbonyl (C=O) groups is 1. The van der Waals surface area contributed by atoms with E-state index in [4.69, 9.17) is 9.47 Å². The van der Waals surface area contributed by atoms with Crippen molar-refractivity contribution in [1.29, 1.82) is 0 Å². The van der Waals surface area contributed by atoms with Gasteiger partial charge in [0.15, 0.2) is 0 Å². The lowest BCUT2D eigenvalue weighted by Gasteiger charge is -2.36. The van der Waals surface area contributed by atoms with Crippen molar-refractivity contribution >= 4 is 22.4 Å². The molecule has 172 valence electrons. The van der Waals surface area contributed by atoms with Crippen molar-refractivity contribution in [2.75, 3.05) is 43.4 Å². The Kier molecular flexibility index (Phi) is 6.98. The molecule has 2 aliphatic heterocycles. The molecule has 1 fully saturated rings. The number of benzene rings is 2. The molecule has 1 saturated heterocycles. The molecular formula is C24H29FN2O4S. The van der Waals surface area contributed by atoms with Crippen LogP contribution in [0.2, 0.25) is 0 Å². The van der Waals surface area contributed by atoms with E-state index in [-0.39, 0.29) is 29.3 Å². The Hall–Kier alpha value is -2.61. The van der Waals surface area contributed by atoms with Gasteiger partial charge in [0.2, 0.25) is 5.91 Å². The number of nitrogens with zero attached hydrogens (tertiary/aromatic N) is 2. The Labute approximate surface area is 190 Å². The summed E-state index contributed by atoms with van der Waals surface area (Å²) in [6.07, 6.45) is 0.955. The third-order valence-corrected chi connectivity index (χ3v) is 7.01. The van der Waals surface area contributed by atoms with Gasteiger partial charge in [-0.1, -0.05) is 0 Å². The average molecular weight is 461 g/mol. The molecule has 4 rings (SSSR count). The van der Waals surface area contributed by atoms with Crippen LogP contribution in [0.25, 0.3) is 0 Å². The van der Waals surface area contributed by atoms with Gasteiger partial charge < -0.3 is 19.3 Å². The first-order chi connectivity index (χ1) is 15.4. The highest BCUT2D eigenvalue weighted by Gasteiger charge is 2.25. The second kappa shape index (κ2) is 9.90. The summed E-state index contributed by atoms with van der Waals surface area (Å²) in [6.45, 7) is 6.91. The molecule has 32 heavy (non-hydrogen) atoms. The SMILES string of the molecule is CCOc1cc2c(cc1C[S@](=O)CC(=O)N1CCN(c3ccc(F)cc3)CC1)O[C@H](C)C2. The molecule has 0 aliphatic carbocycles. The maximum Gasteiger partial charge on any atom is 0.235 e. The lowest BCUT2D eigenvalue weighted by Crippen LogP contribution is -2.50. The van der Waals surface area contributed by atoms with Crippen LogP contribution in [0.1, 0.15) is 25.0 Å². The molecular weight excluding hydrogens is 431 g/mol. The molecule has 2 aromatic carbocycles. The summed E-state index contributed by atoms with van der Waals surface area (Å²) < 4.78 is 37.6. The fourth-order valence-electron chi connectivity index (χ4n) is 4.20. The van der Waals surface area contributed by atoms with Crippen LogP contribution in [0.5, 0.6) is 11.5 Å². The number of rotatable bonds is 7. The van der Waals surface area contributed by atoms with Crippen LogP contribution in [-0.4, -0.2) is 59.7 Å². The first kappa shape index (κ1) is 22.6. The predicted molar refractivity (Wildman–Crippen MR) is 123 cm³/mol. The summed E-state index contributed by atoms with van der Waals surface area (Å²) in [4.78, 5) is 16.6. The van der Waals surface area contributed by atoms with Crippen LogP contribution in [-0.2, 0) is 27.8 Å². The summed E-state index contributed by atoms with van der Waals surface area (Å²) in [6, 6.07) is 10.3. The molecule has 0 unspecified atom stereocenters. The topological polar surface area (TPSA) is 59.1 Å². The number of ether oxygens (including phenoxy) is 2. The number of carbonyl (C=O) groups excluding carboxylic acids is 1. The van der Waals surface area contributed by atoms with Gasteiger partial charge in [-0.15, -0.1) is 0 Å². The van der Waals surface area contributed by atoms with Gasteiger partial charge in [-0.3, -0.25) is 9.00 Å². The molecule has 0 aromatic heterocycles. The van der Waals surface area contributed by atoms with Crippen molar-refractivity contribution in [3.63, 3.8) is 0 Å². The molecule has 1 amide bonds. The van der Waals surface area contributed by atoms with Crippen molar-refractivity contribution < 1.29 is 22.9 Å². The average Bonchev–Trinajstić information content (AvgIpc) is 3.13. The smallest absolute Gasteiger partial charge is 0.235 e. The zero-order valence-corrected chi connectivity index (χ0v) is 19.3. The Bertz CT molecular complexity index is 990. The molecule has 2 atom stereocenters. The molecule has 0 bridgehead atoms. The van der Waals surface area contributed by atoms with Crippen molar-refractivity contribution in [3.8, 4) is 11.5 Å². The van der Waals surface area contributed by atoms with Crippen LogP contribution in [0.3, 0.4) is 0 Å². The van der Waals surface area contributed by atoms with Gasteiger partial charge in [-0.05, 0) is 50.2 Å². The minimum atomic E-state index is -1.35. The molecule has 2 heterocycles. The van der Waals surface area contributed by atoms with E-state index in [0.717, 1.165) is 34.7 Å². The number of piperazine rings is 1. The summed E-state index contributed by atoms with van der Waals surface area (Å²) in [5.41, 5.74) is 2.86. The van der Waals surface area contributed by atoms with Gasteiger partial charge in [0, 0.05) is 60.2 Å². The summed E-state index contributed by atoms with van der Waals surface area (Å²) in [5.74, 6) is 1.40. The highest BCUT2D eigenvalue weighted by atomic mass is 32.2. The molecule has 0 saturated carbocycles. The molecule has 2 aliphatic rings. The van der Waals surface area contributed by atoms with E-state index in [1.165, 1.54) is 12.1 Å². The number of hydrogen-bond donors (Lipinski definition) is 0. The highest BCUT2D eigenvalue weighted by Crippen LogP contribution is 2.35. The molecule has 2 aromatic rings. The molecule has 0 spiro atoms. The normalized spacial score (nSPS) is 18.8. The van der Waals surface area contributed by atoms with E-state index in [2.05, 4.69) is 4.90 Å². The number of amides is 1. The van der Waals surface area contributed by atoms with Crippen LogP contribution in [0, 0.1) is 5.82 Å². The maximum atomic E-state index is 13.1. The molecule has 8 heteroatoms. The molecule has 0 radical (unpaired) electrons. The van der Waals surface area contributed by atoms with Crippen LogP contribution in [0.4, 0.5) is 10.1 Å². The number of anilines is 1. The van der Waals surface area contributed by atoms with E-state index in [1.807, 2.05) is 26.0 Å². The van der Waals surface area contributed by atoms with Crippen molar-refractivity contribution in [1.82, 2.24) is 4.90 Å². The van der Waals surface area contributed by atoms with Crippen molar-refractivity contribution in [3.05, 3.63) is 53.3 Å². The van der Waals surface area contributed by atoms with Gasteiger partial charge in [-0.2, -0.15) is 0 Å². The summed E-state index contributed by atoms with van der Waals surface area (Å²) in [5, 5.41) is 0. The van der Waals surface area contributed by atoms with Crippen LogP contribution < -0.4 is 14.4 Å². The lowest BCUT2D eigenvalue weighted by atomic mass is 10.1. The van der Waals surface area contributed by atoms with E-state index in [1.54, 1.807) is 17.0 Å². The Morgan fingerprint density at radius 2 is 1.91 bits per heavy atom. The highest BCUT2D eigenvalue weighted by molar-refractivity contribution is 7.84. The predicted octanol–water partition coefficient (Wildman–Crippen LogP) is 3.15. The third-order valence-electron chi connectivity index (χ3n) is 5.80. The van der Waals surface area contributed by atoms with Crippen molar-refractivity contribution in [2.24, 2.45) is 0 Å². The van der Waals surface area contributed by atoms with Gasteiger partial charge in [0.05, 0.1) is 12.4 Å². The van der Waals surface area contributed by atoms with Crippen LogP contribution in [0.15, 0.2) is 36.4 Å². The second-order valence-corrected chi connectivity index (χ2v) is 9.66. The summed E-state index contributed by atoms with van der Waals surface area (Å²) in [7, 11) is -1.35. The summed E-state index contributed by atoms with van der Waals surface area (Å²) >= 11 is 0. The molecule has 0 N–H and O–H groups in total. The van der Waals surface area contributed by atoms with Gasteiger partial charge >= 0.3 is 0 Å². The second-order valence-electron chi connectivity index (χ2n) is 8.21. The van der Waals surface area contributed by atoms with E-state index in [0.29, 0.717) is 32.8 Å². The monoisotopic (exact) mass is 460 g/mol.